The lowest BCUT2D eigenvalue weighted by atomic mass is 10.1. The summed E-state index contributed by atoms with van der Waals surface area (Å²) in [6, 6.07) is 4.80. The van der Waals surface area contributed by atoms with Gasteiger partial charge >= 0.3 is 5.69 Å². The summed E-state index contributed by atoms with van der Waals surface area (Å²) in [6.07, 6.45) is 3.03. The second-order valence-electron chi connectivity index (χ2n) is 5.88. The molecule has 0 atom stereocenters. The number of hydrogen-bond acceptors (Lipinski definition) is 4. The van der Waals surface area contributed by atoms with Crippen LogP contribution < -0.4 is 10.6 Å². The Bertz CT molecular complexity index is 553. The van der Waals surface area contributed by atoms with Crippen LogP contribution in [0.15, 0.2) is 18.2 Å². The van der Waals surface area contributed by atoms with Crippen molar-refractivity contribution in [1.82, 2.24) is 5.32 Å². The van der Waals surface area contributed by atoms with Gasteiger partial charge in [0.25, 0.3) is 5.91 Å². The van der Waals surface area contributed by atoms with Gasteiger partial charge in [-0.3, -0.25) is 14.9 Å². The Labute approximate surface area is 124 Å². The molecular formula is C15H21N3O3. The summed E-state index contributed by atoms with van der Waals surface area (Å²) in [4.78, 5) is 23.0. The first-order valence-corrected chi connectivity index (χ1v) is 7.26. The van der Waals surface area contributed by atoms with Gasteiger partial charge in [-0.2, -0.15) is 0 Å². The van der Waals surface area contributed by atoms with Gasteiger partial charge in [-0.15, -0.1) is 0 Å². The molecule has 0 aromatic heterocycles. The number of benzene rings is 1. The third-order valence-corrected chi connectivity index (χ3v) is 3.81. The Balaban J connectivity index is 2.20. The fourth-order valence-corrected chi connectivity index (χ4v) is 2.10. The summed E-state index contributed by atoms with van der Waals surface area (Å²) in [5.74, 6) is -0.380. The van der Waals surface area contributed by atoms with Crippen LogP contribution in [-0.4, -0.2) is 23.9 Å². The fraction of sp³-hybridized carbons (Fsp3) is 0.533. The van der Waals surface area contributed by atoms with E-state index in [-0.39, 0.29) is 22.6 Å². The smallest absolute Gasteiger partial charge is 0.305 e. The molecule has 114 valence electrons. The average Bonchev–Trinajstić information content (AvgIpc) is 3.20. The van der Waals surface area contributed by atoms with Gasteiger partial charge in [0.05, 0.1) is 4.92 Å². The van der Waals surface area contributed by atoms with Crippen LogP contribution in [-0.2, 0) is 0 Å². The van der Waals surface area contributed by atoms with E-state index in [1.165, 1.54) is 6.07 Å². The molecule has 1 aliphatic carbocycles. The van der Waals surface area contributed by atoms with Crippen LogP contribution in [0.3, 0.4) is 0 Å². The van der Waals surface area contributed by atoms with E-state index >= 15 is 0 Å². The zero-order valence-electron chi connectivity index (χ0n) is 12.4. The molecule has 1 saturated carbocycles. The van der Waals surface area contributed by atoms with Gasteiger partial charge in [-0.05, 0) is 36.8 Å². The first-order valence-electron chi connectivity index (χ1n) is 7.26. The molecule has 21 heavy (non-hydrogen) atoms. The molecule has 0 aliphatic heterocycles. The van der Waals surface area contributed by atoms with E-state index in [0.717, 1.165) is 19.3 Å². The molecule has 1 fully saturated rings. The molecule has 0 bridgehead atoms. The Morgan fingerprint density at radius 2 is 2.14 bits per heavy atom. The number of nitro benzene ring substituents is 1. The van der Waals surface area contributed by atoms with E-state index in [1.54, 1.807) is 12.1 Å². The minimum Gasteiger partial charge on any atom is -0.379 e. The second kappa shape index (κ2) is 6.11. The molecule has 0 unspecified atom stereocenters. The number of nitrogens with zero attached hydrogens (tertiary/aromatic N) is 1. The van der Waals surface area contributed by atoms with Gasteiger partial charge in [-0.25, -0.2) is 0 Å². The van der Waals surface area contributed by atoms with E-state index in [9.17, 15) is 14.9 Å². The zero-order valence-corrected chi connectivity index (χ0v) is 12.4. The molecule has 0 heterocycles. The Morgan fingerprint density at radius 1 is 1.43 bits per heavy atom. The van der Waals surface area contributed by atoms with E-state index in [2.05, 4.69) is 17.6 Å². The molecule has 1 amide bonds. The third kappa shape index (κ3) is 3.71. The number of hydrogen-bond donors (Lipinski definition) is 2. The van der Waals surface area contributed by atoms with Gasteiger partial charge in [0.1, 0.15) is 11.3 Å². The lowest BCUT2D eigenvalue weighted by molar-refractivity contribution is -0.384. The first kappa shape index (κ1) is 15.3. The summed E-state index contributed by atoms with van der Waals surface area (Å²) >= 11 is 0. The van der Waals surface area contributed by atoms with E-state index in [4.69, 9.17) is 0 Å². The first-order chi connectivity index (χ1) is 9.97. The monoisotopic (exact) mass is 291 g/mol. The van der Waals surface area contributed by atoms with Crippen molar-refractivity contribution in [2.24, 2.45) is 5.41 Å². The van der Waals surface area contributed by atoms with Crippen molar-refractivity contribution in [2.45, 2.75) is 33.1 Å². The number of para-hydroxylation sites is 1. The molecule has 0 spiro atoms. The summed E-state index contributed by atoms with van der Waals surface area (Å²) in [5, 5.41) is 17.1. The predicted octanol–water partition coefficient (Wildman–Crippen LogP) is 2.95. The maximum Gasteiger partial charge on any atom is 0.305 e. The van der Waals surface area contributed by atoms with Crippen molar-refractivity contribution in [3.8, 4) is 0 Å². The fourth-order valence-electron chi connectivity index (χ4n) is 2.10. The molecular weight excluding hydrogens is 270 g/mol. The highest BCUT2D eigenvalue weighted by molar-refractivity contribution is 6.00. The molecule has 2 N–H and O–H groups in total. The van der Waals surface area contributed by atoms with Crippen molar-refractivity contribution >= 4 is 17.3 Å². The van der Waals surface area contributed by atoms with Gasteiger partial charge < -0.3 is 10.6 Å². The van der Waals surface area contributed by atoms with Crippen molar-refractivity contribution in [3.63, 3.8) is 0 Å². The summed E-state index contributed by atoms with van der Waals surface area (Å²) in [7, 11) is 0. The topological polar surface area (TPSA) is 84.3 Å². The number of amides is 1. The highest BCUT2D eigenvalue weighted by Gasteiger charge is 2.37. The average molecular weight is 291 g/mol. The quantitative estimate of drug-likeness (QED) is 0.597. The minimum absolute atomic E-state index is 0.116. The minimum atomic E-state index is -0.494. The van der Waals surface area contributed by atoms with Crippen LogP contribution in [0.4, 0.5) is 11.4 Å². The number of nitro groups is 1. The van der Waals surface area contributed by atoms with Gasteiger partial charge in [0.15, 0.2) is 0 Å². The summed E-state index contributed by atoms with van der Waals surface area (Å²) in [5.41, 5.74) is 0.532. The Kier molecular flexibility index (Phi) is 4.45. The van der Waals surface area contributed by atoms with Crippen molar-refractivity contribution in [3.05, 3.63) is 33.9 Å². The summed E-state index contributed by atoms with van der Waals surface area (Å²) < 4.78 is 0. The number of rotatable bonds is 7. The van der Waals surface area contributed by atoms with Gasteiger partial charge in [-0.1, -0.05) is 19.9 Å². The van der Waals surface area contributed by atoms with Crippen LogP contribution in [0.1, 0.15) is 43.5 Å². The maximum absolute atomic E-state index is 12.2. The number of nitrogens with one attached hydrogen (secondary N) is 2. The van der Waals surface area contributed by atoms with Crippen molar-refractivity contribution < 1.29 is 9.72 Å². The highest BCUT2D eigenvalue weighted by Crippen LogP contribution is 2.44. The van der Waals surface area contributed by atoms with E-state index in [1.807, 2.05) is 6.92 Å². The third-order valence-electron chi connectivity index (χ3n) is 3.81. The molecule has 2 rings (SSSR count). The maximum atomic E-state index is 12.2. The van der Waals surface area contributed by atoms with Crippen LogP contribution in [0, 0.1) is 15.5 Å². The lowest BCUT2D eigenvalue weighted by Gasteiger charge is -2.12. The number of carbonyl (C=O) groups is 1. The lowest BCUT2D eigenvalue weighted by Crippen LogP contribution is -2.29. The molecule has 0 radical (unpaired) electrons. The number of carbonyl (C=O) groups excluding carboxylic acids is 1. The second-order valence-corrected chi connectivity index (χ2v) is 5.88. The highest BCUT2D eigenvalue weighted by atomic mass is 16.6. The Morgan fingerprint density at radius 3 is 2.71 bits per heavy atom. The van der Waals surface area contributed by atoms with Crippen LogP contribution in [0.2, 0.25) is 0 Å². The molecule has 0 saturated heterocycles. The van der Waals surface area contributed by atoms with Crippen molar-refractivity contribution in [1.29, 1.82) is 0 Å². The van der Waals surface area contributed by atoms with Crippen LogP contribution in [0.5, 0.6) is 0 Å². The van der Waals surface area contributed by atoms with E-state index in [0.29, 0.717) is 18.8 Å². The predicted molar refractivity (Wildman–Crippen MR) is 81.6 cm³/mol. The van der Waals surface area contributed by atoms with Gasteiger partial charge in [0, 0.05) is 13.1 Å². The van der Waals surface area contributed by atoms with Gasteiger partial charge in [0.2, 0.25) is 0 Å². The van der Waals surface area contributed by atoms with E-state index < -0.39 is 4.92 Å². The molecule has 6 heteroatoms. The number of anilines is 1. The molecule has 6 nitrogen and oxygen atoms in total. The molecule has 1 aromatic carbocycles. The largest absolute Gasteiger partial charge is 0.379 e. The SMILES string of the molecule is CCCNc1cccc(C(=O)NCC2(C)CC2)c1[N+](=O)[O-]. The zero-order chi connectivity index (χ0) is 15.5. The standard InChI is InChI=1S/C15H21N3O3/c1-3-9-16-12-6-4-5-11(13(12)18(20)21)14(19)17-10-15(2)7-8-15/h4-6,16H,3,7-10H2,1-2H3,(H,17,19). The Hall–Kier alpha value is -2.11. The van der Waals surface area contributed by atoms with Crippen molar-refractivity contribution in [2.75, 3.05) is 18.4 Å². The molecule has 1 aliphatic rings. The van der Waals surface area contributed by atoms with Crippen LogP contribution >= 0.6 is 0 Å². The molecule has 1 aromatic rings. The summed E-state index contributed by atoms with van der Waals surface area (Å²) in [6.45, 7) is 5.27. The van der Waals surface area contributed by atoms with Crippen LogP contribution in [0.25, 0.3) is 0 Å². The normalized spacial score (nSPS) is 15.3.